The molecule has 0 aromatic carbocycles. The average Bonchev–Trinajstić information content (AvgIpc) is 3.03. The molecule has 164 valence electrons. The summed E-state index contributed by atoms with van der Waals surface area (Å²) in [4.78, 5) is 22.9. The first-order valence-corrected chi connectivity index (χ1v) is 9.95. The highest BCUT2D eigenvalue weighted by molar-refractivity contribution is 5.96. The number of amides is 1. The zero-order valence-electron chi connectivity index (χ0n) is 16.9. The van der Waals surface area contributed by atoms with Crippen molar-refractivity contribution in [2.45, 2.75) is 44.5 Å². The number of piperidine rings is 1. The number of fused-ring (bicyclic) bond motifs is 1. The Morgan fingerprint density at radius 1 is 1.23 bits per heavy atom. The molecule has 10 heteroatoms. The van der Waals surface area contributed by atoms with Crippen LogP contribution in [-0.4, -0.2) is 60.5 Å². The highest BCUT2D eigenvalue weighted by atomic mass is 19.4. The zero-order valence-corrected chi connectivity index (χ0v) is 16.9. The Morgan fingerprint density at radius 3 is 2.61 bits per heavy atom. The van der Waals surface area contributed by atoms with Gasteiger partial charge in [0.2, 0.25) is 0 Å². The van der Waals surface area contributed by atoms with Crippen LogP contribution in [0.1, 0.15) is 41.6 Å². The van der Waals surface area contributed by atoms with Gasteiger partial charge in [0, 0.05) is 43.0 Å². The van der Waals surface area contributed by atoms with Crippen LogP contribution in [0, 0.1) is 0 Å². The van der Waals surface area contributed by atoms with E-state index in [0.29, 0.717) is 42.7 Å². The van der Waals surface area contributed by atoms with Crippen LogP contribution < -0.4 is 0 Å². The van der Waals surface area contributed by atoms with Gasteiger partial charge < -0.3 is 10.0 Å². The Labute approximate surface area is 176 Å². The van der Waals surface area contributed by atoms with Crippen molar-refractivity contribution < 1.29 is 23.1 Å². The quantitative estimate of drug-likeness (QED) is 0.684. The van der Waals surface area contributed by atoms with Crippen molar-refractivity contribution in [3.8, 4) is 0 Å². The first-order chi connectivity index (χ1) is 14.6. The minimum atomic E-state index is -4.47. The maximum atomic E-state index is 13.1. The molecule has 7 nitrogen and oxygen atoms in total. The molecule has 4 rings (SSSR count). The highest BCUT2D eigenvalue weighted by Crippen LogP contribution is 2.27. The molecule has 0 aliphatic carbocycles. The van der Waals surface area contributed by atoms with Crippen LogP contribution in [0.25, 0.3) is 10.9 Å². The van der Waals surface area contributed by atoms with Gasteiger partial charge in [-0.2, -0.15) is 18.3 Å². The first kappa shape index (κ1) is 21.2. The van der Waals surface area contributed by atoms with Crippen LogP contribution in [0.15, 0.2) is 36.7 Å². The van der Waals surface area contributed by atoms with E-state index < -0.39 is 18.3 Å². The average molecular weight is 433 g/mol. The standard InChI is InChI=1S/C21H22F3N5O2/c1-20(31)5-8-28(9-6-20)19(30)17-11-18-15(12-26-17)16(10-14-4-2-3-7-25-14)27-29(18)13-21(22,23)24/h2-4,7,11-12,31H,5-6,8-10,13H2,1H3. The summed E-state index contributed by atoms with van der Waals surface area (Å²) in [6, 6.07) is 6.68. The Kier molecular flexibility index (Phi) is 5.42. The predicted octanol–water partition coefficient (Wildman–Crippen LogP) is 2.97. The summed E-state index contributed by atoms with van der Waals surface area (Å²) in [7, 11) is 0. The number of nitrogens with zero attached hydrogens (tertiary/aromatic N) is 5. The molecule has 0 spiro atoms. The number of hydrogen-bond donors (Lipinski definition) is 1. The van der Waals surface area contributed by atoms with Gasteiger partial charge in [0.1, 0.15) is 12.2 Å². The van der Waals surface area contributed by atoms with E-state index in [1.165, 1.54) is 12.3 Å². The summed E-state index contributed by atoms with van der Waals surface area (Å²) in [6.45, 7) is 1.17. The first-order valence-electron chi connectivity index (χ1n) is 9.95. The van der Waals surface area contributed by atoms with Crippen molar-refractivity contribution in [2.24, 2.45) is 0 Å². The van der Waals surface area contributed by atoms with Crippen LogP contribution in [0.2, 0.25) is 0 Å². The molecule has 1 saturated heterocycles. The second-order valence-corrected chi connectivity index (χ2v) is 8.09. The van der Waals surface area contributed by atoms with E-state index in [2.05, 4.69) is 15.1 Å². The third-order valence-corrected chi connectivity index (χ3v) is 5.46. The molecule has 1 aliphatic rings. The maximum absolute atomic E-state index is 13.1. The minimum absolute atomic E-state index is 0.0572. The van der Waals surface area contributed by atoms with Crippen molar-refractivity contribution in [3.63, 3.8) is 0 Å². The molecule has 1 N–H and O–H groups in total. The second kappa shape index (κ2) is 7.92. The Hall–Kier alpha value is -3.01. The number of rotatable bonds is 4. The minimum Gasteiger partial charge on any atom is -0.390 e. The summed E-state index contributed by atoms with van der Waals surface area (Å²) in [6.07, 6.45) is -0.343. The highest BCUT2D eigenvalue weighted by Gasteiger charge is 2.32. The normalized spacial score (nSPS) is 16.6. The maximum Gasteiger partial charge on any atom is 0.408 e. The molecule has 0 atom stereocenters. The fourth-order valence-electron chi connectivity index (χ4n) is 3.70. The number of hydrogen-bond acceptors (Lipinski definition) is 5. The van der Waals surface area contributed by atoms with Crippen molar-refractivity contribution in [2.75, 3.05) is 13.1 Å². The lowest BCUT2D eigenvalue weighted by Gasteiger charge is -2.35. The molecule has 0 saturated carbocycles. The summed E-state index contributed by atoms with van der Waals surface area (Å²) in [5, 5.41) is 14.7. The molecule has 1 aliphatic heterocycles. The van der Waals surface area contributed by atoms with E-state index in [-0.39, 0.29) is 23.5 Å². The zero-order chi connectivity index (χ0) is 22.2. The number of carbonyl (C=O) groups excluding carboxylic acids is 1. The molecule has 3 aromatic heterocycles. The molecular weight excluding hydrogens is 411 g/mol. The lowest BCUT2D eigenvalue weighted by Crippen LogP contribution is -2.45. The van der Waals surface area contributed by atoms with Gasteiger partial charge >= 0.3 is 6.18 Å². The molecule has 0 unspecified atom stereocenters. The number of aromatic nitrogens is 4. The van der Waals surface area contributed by atoms with Crippen LogP contribution in [0.5, 0.6) is 0 Å². The topological polar surface area (TPSA) is 84.1 Å². The van der Waals surface area contributed by atoms with E-state index >= 15 is 0 Å². The van der Waals surface area contributed by atoms with E-state index in [9.17, 15) is 23.1 Å². The van der Waals surface area contributed by atoms with Gasteiger partial charge in [0.05, 0.1) is 16.8 Å². The van der Waals surface area contributed by atoms with Gasteiger partial charge in [-0.25, -0.2) is 0 Å². The van der Waals surface area contributed by atoms with Gasteiger partial charge in [-0.15, -0.1) is 0 Å². The Bertz CT molecular complexity index is 1090. The Balaban J connectivity index is 1.68. The van der Waals surface area contributed by atoms with Crippen molar-refractivity contribution in [1.29, 1.82) is 0 Å². The molecule has 1 fully saturated rings. The van der Waals surface area contributed by atoms with Crippen molar-refractivity contribution >= 4 is 16.8 Å². The van der Waals surface area contributed by atoms with Gasteiger partial charge in [-0.05, 0) is 38.0 Å². The third kappa shape index (κ3) is 4.84. The van der Waals surface area contributed by atoms with Crippen LogP contribution in [-0.2, 0) is 13.0 Å². The number of likely N-dealkylation sites (tertiary alicyclic amines) is 1. The molecule has 3 aromatic rings. The van der Waals surface area contributed by atoms with E-state index in [0.717, 1.165) is 4.68 Å². The monoisotopic (exact) mass is 433 g/mol. The third-order valence-electron chi connectivity index (χ3n) is 5.46. The fourth-order valence-corrected chi connectivity index (χ4v) is 3.70. The van der Waals surface area contributed by atoms with Gasteiger partial charge in [-0.3, -0.25) is 19.4 Å². The molecule has 0 radical (unpaired) electrons. The largest absolute Gasteiger partial charge is 0.408 e. The summed E-state index contributed by atoms with van der Waals surface area (Å²) < 4.78 is 40.3. The molecule has 1 amide bonds. The second-order valence-electron chi connectivity index (χ2n) is 8.09. The summed E-state index contributed by atoms with van der Waals surface area (Å²) >= 11 is 0. The van der Waals surface area contributed by atoms with Crippen molar-refractivity contribution in [3.05, 3.63) is 53.7 Å². The molecule has 4 heterocycles. The van der Waals surface area contributed by atoms with Crippen LogP contribution in [0.3, 0.4) is 0 Å². The number of carbonyl (C=O) groups is 1. The van der Waals surface area contributed by atoms with Gasteiger partial charge in [-0.1, -0.05) is 6.07 Å². The predicted molar refractivity (Wildman–Crippen MR) is 106 cm³/mol. The SMILES string of the molecule is CC1(O)CCN(C(=O)c2cc3c(cn2)c(Cc2ccccn2)nn3CC(F)(F)F)CC1. The van der Waals surface area contributed by atoms with E-state index in [1.807, 2.05) is 0 Å². The van der Waals surface area contributed by atoms with Crippen molar-refractivity contribution in [1.82, 2.24) is 24.6 Å². The lowest BCUT2D eigenvalue weighted by atomic mass is 9.94. The lowest BCUT2D eigenvalue weighted by molar-refractivity contribution is -0.141. The van der Waals surface area contributed by atoms with Gasteiger partial charge in [0.15, 0.2) is 0 Å². The van der Waals surface area contributed by atoms with Gasteiger partial charge in [0.25, 0.3) is 5.91 Å². The number of halogens is 3. The van der Waals surface area contributed by atoms with Crippen LogP contribution >= 0.6 is 0 Å². The van der Waals surface area contributed by atoms with Crippen LogP contribution in [0.4, 0.5) is 13.2 Å². The number of alkyl halides is 3. The summed E-state index contributed by atoms with van der Waals surface area (Å²) in [5.41, 5.74) is 0.521. The molecule has 31 heavy (non-hydrogen) atoms. The number of aliphatic hydroxyl groups is 1. The van der Waals surface area contributed by atoms with E-state index in [1.54, 1.807) is 36.2 Å². The molecule has 0 bridgehead atoms. The fraction of sp³-hybridized carbons (Fsp3) is 0.429. The molecular formula is C21H22F3N5O2. The smallest absolute Gasteiger partial charge is 0.390 e. The Morgan fingerprint density at radius 2 is 1.97 bits per heavy atom. The number of pyridine rings is 2. The van der Waals surface area contributed by atoms with E-state index in [4.69, 9.17) is 0 Å². The summed E-state index contributed by atoms with van der Waals surface area (Å²) in [5.74, 6) is -0.372.